The molecule has 0 aliphatic rings. The fourth-order valence-electron chi connectivity index (χ4n) is 1.21. The predicted octanol–water partition coefficient (Wildman–Crippen LogP) is 0.501. The summed E-state index contributed by atoms with van der Waals surface area (Å²) in [6.45, 7) is 1.28. The van der Waals surface area contributed by atoms with E-state index in [-0.39, 0.29) is 23.1 Å². The van der Waals surface area contributed by atoms with Gasteiger partial charge in [-0.25, -0.2) is 13.1 Å². The van der Waals surface area contributed by atoms with Gasteiger partial charge in [-0.05, 0) is 24.6 Å². The molecule has 0 aromatic heterocycles. The molecule has 0 heterocycles. The van der Waals surface area contributed by atoms with E-state index in [1.165, 1.54) is 12.1 Å². The molecule has 0 saturated carbocycles. The van der Waals surface area contributed by atoms with Gasteiger partial charge in [0, 0.05) is 17.3 Å². The monoisotopic (exact) mass is 264 g/mol. The second kappa shape index (κ2) is 5.01. The van der Waals surface area contributed by atoms with Crippen LogP contribution in [-0.4, -0.2) is 26.7 Å². The molecule has 7 heteroatoms. The van der Waals surface area contributed by atoms with Crippen LogP contribution in [-0.2, 0) is 10.0 Å². The summed E-state index contributed by atoms with van der Waals surface area (Å²) in [5.41, 5.74) is 6.38. The fourth-order valence-corrected chi connectivity index (χ4v) is 2.82. The van der Waals surface area contributed by atoms with Gasteiger partial charge in [-0.2, -0.15) is 0 Å². The highest BCUT2D eigenvalue weighted by atomic mass is 35.5. The van der Waals surface area contributed by atoms with Crippen LogP contribution in [0.15, 0.2) is 17.0 Å². The van der Waals surface area contributed by atoms with Gasteiger partial charge in [0.2, 0.25) is 10.0 Å². The molecule has 0 spiro atoms. The molecule has 1 rings (SSSR count). The van der Waals surface area contributed by atoms with E-state index in [1.54, 1.807) is 6.92 Å². The first-order valence-corrected chi connectivity index (χ1v) is 6.40. The van der Waals surface area contributed by atoms with E-state index in [0.717, 1.165) is 0 Å². The third-order valence-electron chi connectivity index (χ3n) is 2.06. The molecule has 0 saturated heterocycles. The van der Waals surface area contributed by atoms with E-state index >= 15 is 0 Å². The van der Waals surface area contributed by atoms with E-state index < -0.39 is 10.0 Å². The summed E-state index contributed by atoms with van der Waals surface area (Å²) in [6, 6.07) is 2.81. The zero-order valence-corrected chi connectivity index (χ0v) is 10.3. The predicted molar refractivity (Wildman–Crippen MR) is 62.9 cm³/mol. The molecule has 1 aromatic carbocycles. The first kappa shape index (κ1) is 13.2. The van der Waals surface area contributed by atoms with Gasteiger partial charge in [-0.15, -0.1) is 0 Å². The topological polar surface area (TPSA) is 92.4 Å². The molecule has 5 nitrogen and oxygen atoms in total. The Morgan fingerprint density at radius 2 is 2.12 bits per heavy atom. The molecule has 4 N–H and O–H groups in total. The van der Waals surface area contributed by atoms with Crippen molar-refractivity contribution in [3.8, 4) is 0 Å². The molecule has 0 bridgehead atoms. The summed E-state index contributed by atoms with van der Waals surface area (Å²) >= 11 is 5.74. The van der Waals surface area contributed by atoms with Crippen LogP contribution < -0.4 is 10.5 Å². The number of hydrogen-bond donors (Lipinski definition) is 3. The minimum Gasteiger partial charge on any atom is -0.398 e. The standard InChI is InChI=1S/C9H13ClN2O3S/c1-6-8(11)4-7(10)5-9(6)16(14,15)12-2-3-13/h4-5,12-13H,2-3,11H2,1H3. The molecule has 90 valence electrons. The molecular weight excluding hydrogens is 252 g/mol. The zero-order chi connectivity index (χ0) is 12.3. The highest BCUT2D eigenvalue weighted by Crippen LogP contribution is 2.25. The van der Waals surface area contributed by atoms with Gasteiger partial charge in [0.25, 0.3) is 0 Å². The molecule has 0 aliphatic carbocycles. The number of hydrogen-bond acceptors (Lipinski definition) is 4. The van der Waals surface area contributed by atoms with Crippen LogP contribution in [0, 0.1) is 6.92 Å². The lowest BCUT2D eigenvalue weighted by Gasteiger charge is -2.10. The number of halogens is 1. The molecule has 0 radical (unpaired) electrons. The van der Waals surface area contributed by atoms with E-state index in [9.17, 15) is 8.42 Å². The van der Waals surface area contributed by atoms with Gasteiger partial charge in [0.15, 0.2) is 0 Å². The van der Waals surface area contributed by atoms with Crippen LogP contribution in [0.1, 0.15) is 5.56 Å². The normalized spacial score (nSPS) is 11.7. The van der Waals surface area contributed by atoms with Crippen LogP contribution in [0.25, 0.3) is 0 Å². The molecule has 0 aliphatic heterocycles. The number of nitrogens with two attached hydrogens (primary N) is 1. The second-order valence-electron chi connectivity index (χ2n) is 3.24. The van der Waals surface area contributed by atoms with Crippen molar-refractivity contribution in [1.82, 2.24) is 4.72 Å². The fraction of sp³-hybridized carbons (Fsp3) is 0.333. The minimum atomic E-state index is -3.67. The van der Waals surface area contributed by atoms with Gasteiger partial charge in [-0.3, -0.25) is 0 Å². The van der Waals surface area contributed by atoms with Crippen molar-refractivity contribution in [2.24, 2.45) is 0 Å². The first-order valence-electron chi connectivity index (χ1n) is 4.54. The van der Waals surface area contributed by atoms with Gasteiger partial charge in [-0.1, -0.05) is 11.6 Å². The van der Waals surface area contributed by atoms with Crippen LogP contribution in [0.3, 0.4) is 0 Å². The van der Waals surface area contributed by atoms with Crippen molar-refractivity contribution in [2.45, 2.75) is 11.8 Å². The van der Waals surface area contributed by atoms with E-state index in [1.807, 2.05) is 0 Å². The summed E-state index contributed by atoms with van der Waals surface area (Å²) in [5.74, 6) is 0. The Hall–Kier alpha value is -0.820. The first-order chi connectivity index (χ1) is 7.38. The number of benzene rings is 1. The molecule has 0 fully saturated rings. The van der Waals surface area contributed by atoms with Crippen LogP contribution >= 0.6 is 11.6 Å². The summed E-state index contributed by atoms with van der Waals surface area (Å²) in [7, 11) is -3.67. The summed E-state index contributed by atoms with van der Waals surface area (Å²) in [6.07, 6.45) is 0. The molecular formula is C9H13ClN2O3S. The Morgan fingerprint density at radius 1 is 1.50 bits per heavy atom. The third-order valence-corrected chi connectivity index (χ3v) is 3.86. The molecule has 0 unspecified atom stereocenters. The van der Waals surface area contributed by atoms with E-state index in [0.29, 0.717) is 11.3 Å². The smallest absolute Gasteiger partial charge is 0.241 e. The Kier molecular flexibility index (Phi) is 4.15. The van der Waals surface area contributed by atoms with Crippen LogP contribution in [0.4, 0.5) is 5.69 Å². The number of nitrogen functional groups attached to an aromatic ring is 1. The van der Waals surface area contributed by atoms with Crippen LogP contribution in [0.2, 0.25) is 5.02 Å². The SMILES string of the molecule is Cc1c(N)cc(Cl)cc1S(=O)(=O)NCCO. The van der Waals surface area contributed by atoms with Gasteiger partial charge < -0.3 is 10.8 Å². The number of nitrogens with one attached hydrogen (secondary N) is 1. The van der Waals surface area contributed by atoms with Crippen molar-refractivity contribution < 1.29 is 13.5 Å². The summed E-state index contributed by atoms with van der Waals surface area (Å²) in [5, 5.41) is 8.83. The highest BCUT2D eigenvalue weighted by Gasteiger charge is 2.18. The second-order valence-corrected chi connectivity index (χ2v) is 5.41. The number of anilines is 1. The van der Waals surface area contributed by atoms with Gasteiger partial charge in [0.1, 0.15) is 0 Å². The van der Waals surface area contributed by atoms with Crippen molar-refractivity contribution in [2.75, 3.05) is 18.9 Å². The van der Waals surface area contributed by atoms with Crippen molar-refractivity contribution in [3.05, 3.63) is 22.7 Å². The highest BCUT2D eigenvalue weighted by molar-refractivity contribution is 7.89. The number of rotatable bonds is 4. The van der Waals surface area contributed by atoms with E-state index in [2.05, 4.69) is 4.72 Å². The lowest BCUT2D eigenvalue weighted by Crippen LogP contribution is -2.27. The maximum atomic E-state index is 11.8. The van der Waals surface area contributed by atoms with E-state index in [4.69, 9.17) is 22.4 Å². The van der Waals surface area contributed by atoms with Gasteiger partial charge in [0.05, 0.1) is 11.5 Å². The molecule has 0 atom stereocenters. The zero-order valence-electron chi connectivity index (χ0n) is 8.70. The average molecular weight is 265 g/mol. The number of sulfonamides is 1. The van der Waals surface area contributed by atoms with Crippen molar-refractivity contribution in [3.63, 3.8) is 0 Å². The Balaban J connectivity index is 3.22. The maximum Gasteiger partial charge on any atom is 0.241 e. The largest absolute Gasteiger partial charge is 0.398 e. The minimum absolute atomic E-state index is 0.0333. The third kappa shape index (κ3) is 2.85. The molecule has 0 amide bonds. The summed E-state index contributed by atoms with van der Waals surface area (Å²) < 4.78 is 25.8. The summed E-state index contributed by atoms with van der Waals surface area (Å²) in [4.78, 5) is 0.0333. The average Bonchev–Trinajstić information content (AvgIpc) is 2.20. The van der Waals surface area contributed by atoms with Crippen molar-refractivity contribution in [1.29, 1.82) is 0 Å². The Morgan fingerprint density at radius 3 is 2.69 bits per heavy atom. The number of aliphatic hydroxyl groups is 1. The number of aliphatic hydroxyl groups excluding tert-OH is 1. The maximum absolute atomic E-state index is 11.8. The van der Waals surface area contributed by atoms with Crippen LogP contribution in [0.5, 0.6) is 0 Å². The lowest BCUT2D eigenvalue weighted by molar-refractivity contribution is 0.301. The van der Waals surface area contributed by atoms with Crippen molar-refractivity contribution >= 4 is 27.3 Å². The molecule has 16 heavy (non-hydrogen) atoms. The Bertz CT molecular complexity index is 488. The quantitative estimate of drug-likeness (QED) is 0.691. The molecule has 1 aromatic rings. The Labute approximate surface area is 99.3 Å². The lowest BCUT2D eigenvalue weighted by atomic mass is 10.2. The van der Waals surface area contributed by atoms with Gasteiger partial charge >= 0.3 is 0 Å².